The summed E-state index contributed by atoms with van der Waals surface area (Å²) in [5.41, 5.74) is 7.40. The van der Waals surface area contributed by atoms with Crippen molar-refractivity contribution in [2.75, 3.05) is 5.73 Å². The maximum absolute atomic E-state index is 13.1. The van der Waals surface area contributed by atoms with Gasteiger partial charge in [-0.3, -0.25) is 0 Å². The molecule has 3 nitrogen and oxygen atoms in total. The highest BCUT2D eigenvalue weighted by Crippen LogP contribution is 2.28. The van der Waals surface area contributed by atoms with Gasteiger partial charge in [-0.25, -0.2) is 9.37 Å². The summed E-state index contributed by atoms with van der Waals surface area (Å²) in [4.78, 5) is 4.35. The number of imidazole rings is 1. The number of halogens is 2. The highest BCUT2D eigenvalue weighted by Gasteiger charge is 2.12. The van der Waals surface area contributed by atoms with Crippen LogP contribution in [0.5, 0.6) is 0 Å². The van der Waals surface area contributed by atoms with Crippen molar-refractivity contribution in [1.82, 2.24) is 9.55 Å². The average molecular weight is 284 g/mol. The molecule has 1 aromatic carbocycles. The van der Waals surface area contributed by atoms with E-state index < -0.39 is 0 Å². The van der Waals surface area contributed by atoms with E-state index in [9.17, 15) is 4.39 Å². The van der Waals surface area contributed by atoms with Crippen molar-refractivity contribution >= 4 is 21.7 Å². The maximum Gasteiger partial charge on any atom is 0.137 e. The van der Waals surface area contributed by atoms with Gasteiger partial charge in [-0.15, -0.1) is 0 Å². The molecule has 0 aliphatic carbocycles. The van der Waals surface area contributed by atoms with Gasteiger partial charge in [0.05, 0.1) is 4.47 Å². The summed E-state index contributed by atoms with van der Waals surface area (Å²) in [6.07, 6.45) is 0. The van der Waals surface area contributed by atoms with Gasteiger partial charge in [-0.2, -0.15) is 0 Å². The predicted molar refractivity (Wildman–Crippen MR) is 65.5 cm³/mol. The molecule has 2 rings (SSSR count). The van der Waals surface area contributed by atoms with Crippen LogP contribution >= 0.6 is 15.9 Å². The van der Waals surface area contributed by atoms with Crippen LogP contribution in [-0.2, 0) is 7.05 Å². The molecule has 0 aliphatic rings. The van der Waals surface area contributed by atoms with Crippen LogP contribution in [0.2, 0.25) is 0 Å². The Balaban J connectivity index is 2.59. The monoisotopic (exact) mass is 283 g/mol. The number of hydrogen-bond acceptors (Lipinski definition) is 2. The van der Waals surface area contributed by atoms with Gasteiger partial charge in [0.2, 0.25) is 0 Å². The Morgan fingerprint density at radius 2 is 2.12 bits per heavy atom. The number of aryl methyl sites for hydroxylation is 1. The van der Waals surface area contributed by atoms with E-state index >= 15 is 0 Å². The SMILES string of the molecule is Cc1nc(-c2ccc(F)c(Br)c2)c(N)n1C. The second-order valence-electron chi connectivity index (χ2n) is 3.58. The Labute approximate surface area is 101 Å². The third-order valence-electron chi connectivity index (χ3n) is 2.56. The van der Waals surface area contributed by atoms with Gasteiger partial charge in [-0.1, -0.05) is 0 Å². The number of aromatic nitrogens is 2. The molecule has 84 valence electrons. The summed E-state index contributed by atoms with van der Waals surface area (Å²) in [5.74, 6) is 1.11. The zero-order valence-electron chi connectivity index (χ0n) is 8.96. The number of hydrogen-bond donors (Lipinski definition) is 1. The third-order valence-corrected chi connectivity index (χ3v) is 3.16. The highest BCUT2D eigenvalue weighted by atomic mass is 79.9. The van der Waals surface area contributed by atoms with Crippen molar-refractivity contribution in [3.05, 3.63) is 34.3 Å². The average Bonchev–Trinajstić information content (AvgIpc) is 2.50. The summed E-state index contributed by atoms with van der Waals surface area (Å²) < 4.78 is 15.3. The molecule has 2 aromatic rings. The normalized spacial score (nSPS) is 10.8. The quantitative estimate of drug-likeness (QED) is 0.875. The minimum atomic E-state index is -0.296. The first-order chi connectivity index (χ1) is 7.50. The largest absolute Gasteiger partial charge is 0.383 e. The Morgan fingerprint density at radius 1 is 1.44 bits per heavy atom. The summed E-state index contributed by atoms with van der Waals surface area (Å²) >= 11 is 3.14. The van der Waals surface area contributed by atoms with Gasteiger partial charge in [0.15, 0.2) is 0 Å². The van der Waals surface area contributed by atoms with Crippen LogP contribution in [-0.4, -0.2) is 9.55 Å². The number of rotatable bonds is 1. The predicted octanol–water partition coefficient (Wildman–Crippen LogP) is 2.88. The van der Waals surface area contributed by atoms with Crippen LogP contribution in [0.15, 0.2) is 22.7 Å². The van der Waals surface area contributed by atoms with E-state index in [0.717, 1.165) is 11.4 Å². The second kappa shape index (κ2) is 3.90. The number of nitrogens with zero attached hydrogens (tertiary/aromatic N) is 2. The number of nitrogens with two attached hydrogens (primary N) is 1. The molecular weight excluding hydrogens is 273 g/mol. The lowest BCUT2D eigenvalue weighted by molar-refractivity contribution is 0.621. The fourth-order valence-corrected chi connectivity index (χ4v) is 1.86. The van der Waals surface area contributed by atoms with Gasteiger partial charge < -0.3 is 10.3 Å². The molecule has 0 saturated heterocycles. The third kappa shape index (κ3) is 1.71. The molecule has 16 heavy (non-hydrogen) atoms. The second-order valence-corrected chi connectivity index (χ2v) is 4.44. The molecule has 2 N–H and O–H groups in total. The van der Waals surface area contributed by atoms with Gasteiger partial charge in [-0.05, 0) is 41.1 Å². The van der Waals surface area contributed by atoms with E-state index in [2.05, 4.69) is 20.9 Å². The molecule has 0 unspecified atom stereocenters. The lowest BCUT2D eigenvalue weighted by atomic mass is 10.1. The zero-order valence-corrected chi connectivity index (χ0v) is 10.5. The maximum atomic E-state index is 13.1. The number of anilines is 1. The topological polar surface area (TPSA) is 43.8 Å². The van der Waals surface area contributed by atoms with E-state index in [0.29, 0.717) is 16.0 Å². The van der Waals surface area contributed by atoms with Crippen molar-refractivity contribution < 1.29 is 4.39 Å². The van der Waals surface area contributed by atoms with Gasteiger partial charge in [0.25, 0.3) is 0 Å². The van der Waals surface area contributed by atoms with Crippen LogP contribution in [0, 0.1) is 12.7 Å². The summed E-state index contributed by atoms with van der Waals surface area (Å²) in [6.45, 7) is 1.87. The van der Waals surface area contributed by atoms with Crippen molar-refractivity contribution in [2.45, 2.75) is 6.92 Å². The van der Waals surface area contributed by atoms with Crippen molar-refractivity contribution in [3.8, 4) is 11.3 Å². The van der Waals surface area contributed by atoms with Crippen molar-refractivity contribution in [3.63, 3.8) is 0 Å². The fraction of sp³-hybridized carbons (Fsp3) is 0.182. The van der Waals surface area contributed by atoms with E-state index in [-0.39, 0.29) is 5.82 Å². The Kier molecular flexibility index (Phi) is 2.71. The molecule has 0 radical (unpaired) electrons. The molecule has 1 aromatic heterocycles. The minimum Gasteiger partial charge on any atom is -0.383 e. The molecule has 1 heterocycles. The Hall–Kier alpha value is -1.36. The Morgan fingerprint density at radius 3 is 2.62 bits per heavy atom. The first-order valence-electron chi connectivity index (χ1n) is 4.75. The number of nitrogen functional groups attached to an aromatic ring is 1. The number of benzene rings is 1. The lowest BCUT2D eigenvalue weighted by Crippen LogP contribution is -1.98. The highest BCUT2D eigenvalue weighted by molar-refractivity contribution is 9.10. The molecule has 0 saturated carbocycles. The Bertz CT molecular complexity index is 548. The lowest BCUT2D eigenvalue weighted by Gasteiger charge is -2.01. The van der Waals surface area contributed by atoms with Gasteiger partial charge in [0.1, 0.15) is 23.2 Å². The zero-order chi connectivity index (χ0) is 11.9. The van der Waals surface area contributed by atoms with E-state index in [1.807, 2.05) is 14.0 Å². The molecule has 0 spiro atoms. The molecule has 5 heteroatoms. The standard InChI is InChI=1S/C11H11BrFN3/c1-6-15-10(11(14)16(6)2)7-3-4-9(13)8(12)5-7/h3-5H,14H2,1-2H3. The van der Waals surface area contributed by atoms with E-state index in [1.54, 1.807) is 16.7 Å². The van der Waals surface area contributed by atoms with Crippen LogP contribution in [0.25, 0.3) is 11.3 Å². The fourth-order valence-electron chi connectivity index (χ4n) is 1.48. The minimum absolute atomic E-state index is 0.296. The smallest absolute Gasteiger partial charge is 0.137 e. The van der Waals surface area contributed by atoms with Crippen LogP contribution in [0.3, 0.4) is 0 Å². The van der Waals surface area contributed by atoms with Crippen molar-refractivity contribution in [1.29, 1.82) is 0 Å². The van der Waals surface area contributed by atoms with Crippen LogP contribution in [0.1, 0.15) is 5.82 Å². The first-order valence-corrected chi connectivity index (χ1v) is 5.54. The van der Waals surface area contributed by atoms with Crippen molar-refractivity contribution in [2.24, 2.45) is 7.05 Å². The van der Waals surface area contributed by atoms with E-state index in [1.165, 1.54) is 6.07 Å². The molecule has 0 aliphatic heterocycles. The van der Waals surface area contributed by atoms with Gasteiger partial charge in [0, 0.05) is 12.6 Å². The van der Waals surface area contributed by atoms with E-state index in [4.69, 9.17) is 5.73 Å². The van der Waals surface area contributed by atoms with Crippen LogP contribution < -0.4 is 5.73 Å². The summed E-state index contributed by atoms with van der Waals surface area (Å²) in [5, 5.41) is 0. The molecule has 0 amide bonds. The summed E-state index contributed by atoms with van der Waals surface area (Å²) in [6, 6.07) is 4.73. The molecule has 0 fully saturated rings. The van der Waals surface area contributed by atoms with Crippen LogP contribution in [0.4, 0.5) is 10.2 Å². The summed E-state index contributed by atoms with van der Waals surface area (Å²) in [7, 11) is 1.85. The molecule has 0 bridgehead atoms. The molecule has 0 atom stereocenters. The van der Waals surface area contributed by atoms with Gasteiger partial charge >= 0.3 is 0 Å². The first kappa shape index (κ1) is 11.1. The molecular formula is C11H11BrFN3.